The van der Waals surface area contributed by atoms with E-state index in [1.165, 1.54) is 11.4 Å². The molecule has 0 bridgehead atoms. The molecule has 0 spiro atoms. The van der Waals surface area contributed by atoms with E-state index < -0.39 is 16.1 Å². The summed E-state index contributed by atoms with van der Waals surface area (Å²) in [6.07, 6.45) is 6.71. The van der Waals surface area contributed by atoms with Crippen molar-refractivity contribution in [2.75, 3.05) is 24.2 Å². The van der Waals surface area contributed by atoms with Crippen LogP contribution in [-0.4, -0.2) is 57.1 Å². The molecule has 242 valence electrons. The van der Waals surface area contributed by atoms with Crippen LogP contribution in [0.4, 0.5) is 5.69 Å². The number of halogens is 2. The highest BCUT2D eigenvalue weighted by atomic mass is 35.5. The Bertz CT molecular complexity index is 1530. The first kappa shape index (κ1) is 34.6. The normalized spacial score (nSPS) is 14.4. The lowest BCUT2D eigenvalue weighted by atomic mass is 9.94. The lowest BCUT2D eigenvalue weighted by molar-refractivity contribution is -0.141. The van der Waals surface area contributed by atoms with Crippen LogP contribution in [0.15, 0.2) is 72.8 Å². The number of carbonyl (C=O) groups excluding carboxylic acids is 2. The summed E-state index contributed by atoms with van der Waals surface area (Å²) in [5.41, 5.74) is 1.90. The van der Waals surface area contributed by atoms with Gasteiger partial charge in [-0.25, -0.2) is 8.42 Å². The summed E-state index contributed by atoms with van der Waals surface area (Å²) in [5, 5.41) is 4.01. The number of anilines is 1. The molecule has 1 saturated carbocycles. The van der Waals surface area contributed by atoms with Gasteiger partial charge >= 0.3 is 0 Å². The van der Waals surface area contributed by atoms with Gasteiger partial charge in [-0.2, -0.15) is 0 Å². The van der Waals surface area contributed by atoms with Crippen LogP contribution in [0, 0.1) is 0 Å². The number of carbonyl (C=O) groups is 2. The lowest BCUT2D eigenvalue weighted by Gasteiger charge is -2.34. The molecule has 1 aliphatic carbocycles. The first-order valence-corrected chi connectivity index (χ1v) is 17.9. The Kier molecular flexibility index (Phi) is 12.6. The average Bonchev–Trinajstić information content (AvgIpc) is 3.02. The van der Waals surface area contributed by atoms with Gasteiger partial charge in [-0.15, -0.1) is 0 Å². The van der Waals surface area contributed by atoms with Crippen molar-refractivity contribution in [3.05, 3.63) is 94.0 Å². The minimum atomic E-state index is -3.65. The fourth-order valence-corrected chi connectivity index (χ4v) is 7.20. The molecule has 0 aliphatic heterocycles. The number of nitrogens with one attached hydrogen (secondary N) is 1. The quantitative estimate of drug-likeness (QED) is 0.207. The van der Waals surface area contributed by atoms with Crippen LogP contribution < -0.4 is 14.4 Å². The minimum absolute atomic E-state index is 0.0000579. The van der Waals surface area contributed by atoms with E-state index in [9.17, 15) is 18.0 Å². The van der Waals surface area contributed by atoms with E-state index in [-0.39, 0.29) is 43.8 Å². The summed E-state index contributed by atoms with van der Waals surface area (Å²) in [5.74, 6) is -0.00557. The zero-order valence-corrected chi connectivity index (χ0v) is 28.1. The molecule has 1 fully saturated rings. The highest BCUT2D eigenvalue weighted by Gasteiger charge is 2.33. The zero-order chi connectivity index (χ0) is 32.4. The Morgan fingerprint density at radius 2 is 1.62 bits per heavy atom. The maximum atomic E-state index is 14.1. The number of hydrogen-bond donors (Lipinski definition) is 1. The maximum absolute atomic E-state index is 14.1. The molecule has 0 aromatic heterocycles. The monoisotopic (exact) mass is 673 g/mol. The van der Waals surface area contributed by atoms with E-state index in [2.05, 4.69) is 5.32 Å². The summed E-state index contributed by atoms with van der Waals surface area (Å²) in [7, 11) is -2.14. The Hall–Kier alpha value is -3.27. The fourth-order valence-electron chi connectivity index (χ4n) is 5.72. The van der Waals surface area contributed by atoms with Gasteiger partial charge in [0, 0.05) is 53.6 Å². The van der Waals surface area contributed by atoms with Crippen molar-refractivity contribution in [2.45, 2.75) is 70.0 Å². The second kappa shape index (κ2) is 16.3. The standard InChI is InChI=1S/C34H41Cl2N3O5S/c1-44-28-17-9-16-27(23-28)39(45(2,42)43)21-11-20-33(40)38(24-29-30(35)18-10-19-31(29)36)32(22-25-12-5-3-6-13-25)34(41)37-26-14-7-4-8-15-26/h3,5-6,9-10,12-13,16-19,23,26,32H,4,7-8,11,14-15,20-22,24H2,1-2H3,(H,37,41)/t32-/m0/s1. The van der Waals surface area contributed by atoms with E-state index in [1.54, 1.807) is 47.4 Å². The van der Waals surface area contributed by atoms with Crippen LogP contribution >= 0.6 is 23.2 Å². The van der Waals surface area contributed by atoms with Crippen molar-refractivity contribution in [1.29, 1.82) is 0 Å². The third-order valence-corrected chi connectivity index (χ3v) is 10.0. The number of benzene rings is 3. The number of hydrogen-bond acceptors (Lipinski definition) is 5. The van der Waals surface area contributed by atoms with E-state index in [0.717, 1.165) is 43.9 Å². The summed E-state index contributed by atoms with van der Waals surface area (Å²) in [6, 6.07) is 20.7. The molecule has 3 aromatic carbocycles. The Morgan fingerprint density at radius 1 is 0.956 bits per heavy atom. The molecule has 1 N–H and O–H groups in total. The van der Waals surface area contributed by atoms with Crippen LogP contribution in [0.2, 0.25) is 10.0 Å². The first-order valence-electron chi connectivity index (χ1n) is 15.2. The largest absolute Gasteiger partial charge is 0.497 e. The highest BCUT2D eigenvalue weighted by molar-refractivity contribution is 7.92. The zero-order valence-electron chi connectivity index (χ0n) is 25.8. The van der Waals surface area contributed by atoms with Gasteiger partial charge in [-0.05, 0) is 49.1 Å². The molecule has 1 atom stereocenters. The van der Waals surface area contributed by atoms with E-state index in [0.29, 0.717) is 33.5 Å². The molecule has 3 aromatic rings. The number of amides is 2. The fraction of sp³-hybridized carbons (Fsp3) is 0.412. The second-order valence-corrected chi connectivity index (χ2v) is 14.1. The highest BCUT2D eigenvalue weighted by Crippen LogP contribution is 2.29. The number of methoxy groups -OCH3 is 1. The average molecular weight is 675 g/mol. The predicted octanol–water partition coefficient (Wildman–Crippen LogP) is 6.64. The molecule has 2 amide bonds. The van der Waals surface area contributed by atoms with Gasteiger partial charge in [-0.1, -0.05) is 84.9 Å². The van der Waals surface area contributed by atoms with Crippen molar-refractivity contribution in [2.24, 2.45) is 0 Å². The third kappa shape index (κ3) is 9.86. The number of sulfonamides is 1. The molecule has 0 radical (unpaired) electrons. The van der Waals surface area contributed by atoms with Crippen LogP contribution in [0.5, 0.6) is 5.75 Å². The molecule has 8 nitrogen and oxygen atoms in total. The third-order valence-electron chi connectivity index (χ3n) is 8.11. The minimum Gasteiger partial charge on any atom is -0.497 e. The summed E-state index contributed by atoms with van der Waals surface area (Å²) < 4.78 is 32.0. The van der Waals surface area contributed by atoms with Crippen molar-refractivity contribution in [1.82, 2.24) is 10.2 Å². The van der Waals surface area contributed by atoms with Crippen LogP contribution in [0.1, 0.15) is 56.1 Å². The van der Waals surface area contributed by atoms with Crippen LogP contribution in [0.3, 0.4) is 0 Å². The van der Waals surface area contributed by atoms with Gasteiger partial charge < -0.3 is 15.0 Å². The molecule has 4 rings (SSSR count). The SMILES string of the molecule is COc1cccc(N(CCCC(=O)N(Cc2c(Cl)cccc2Cl)[C@@H](Cc2ccccc2)C(=O)NC2CCCCC2)S(C)(=O)=O)c1. The summed E-state index contributed by atoms with van der Waals surface area (Å²) in [4.78, 5) is 29.7. The number of nitrogens with zero attached hydrogens (tertiary/aromatic N) is 2. The molecule has 0 heterocycles. The van der Waals surface area contributed by atoms with Crippen molar-refractivity contribution in [3.63, 3.8) is 0 Å². The molecule has 1 aliphatic rings. The van der Waals surface area contributed by atoms with Crippen LogP contribution in [-0.2, 0) is 32.6 Å². The molecule has 0 saturated heterocycles. The lowest BCUT2D eigenvalue weighted by Crippen LogP contribution is -2.53. The first-order chi connectivity index (χ1) is 21.6. The van der Waals surface area contributed by atoms with Crippen LogP contribution in [0.25, 0.3) is 0 Å². The summed E-state index contributed by atoms with van der Waals surface area (Å²) >= 11 is 13.1. The van der Waals surface area contributed by atoms with Gasteiger partial charge in [-0.3, -0.25) is 13.9 Å². The molecular weight excluding hydrogens is 633 g/mol. The van der Waals surface area contributed by atoms with E-state index in [4.69, 9.17) is 27.9 Å². The number of ether oxygens (including phenoxy) is 1. The van der Waals surface area contributed by atoms with Gasteiger partial charge in [0.1, 0.15) is 11.8 Å². The second-order valence-electron chi connectivity index (χ2n) is 11.4. The molecule has 45 heavy (non-hydrogen) atoms. The summed E-state index contributed by atoms with van der Waals surface area (Å²) in [6.45, 7) is 0.0919. The Balaban J connectivity index is 1.62. The van der Waals surface area contributed by atoms with Crippen molar-refractivity contribution in [3.8, 4) is 5.75 Å². The Morgan fingerprint density at radius 3 is 2.27 bits per heavy atom. The van der Waals surface area contributed by atoms with Gasteiger partial charge in [0.2, 0.25) is 21.8 Å². The predicted molar refractivity (Wildman–Crippen MR) is 180 cm³/mol. The van der Waals surface area contributed by atoms with Gasteiger partial charge in [0.15, 0.2) is 0 Å². The van der Waals surface area contributed by atoms with Crippen molar-refractivity contribution < 1.29 is 22.7 Å². The molecule has 0 unspecified atom stereocenters. The topological polar surface area (TPSA) is 96.0 Å². The maximum Gasteiger partial charge on any atom is 0.243 e. The smallest absolute Gasteiger partial charge is 0.243 e. The molecule has 11 heteroatoms. The number of rotatable bonds is 14. The Labute approximate surface area is 276 Å². The van der Waals surface area contributed by atoms with Crippen molar-refractivity contribution >= 4 is 50.7 Å². The van der Waals surface area contributed by atoms with Gasteiger partial charge in [0.05, 0.1) is 19.1 Å². The molecular formula is C34H41Cl2N3O5S. The van der Waals surface area contributed by atoms with E-state index in [1.807, 2.05) is 30.3 Å². The van der Waals surface area contributed by atoms with Gasteiger partial charge in [0.25, 0.3) is 0 Å². The van der Waals surface area contributed by atoms with E-state index >= 15 is 0 Å².